The molecule has 138 valence electrons. The molecule has 3 rings (SSSR count). The normalized spacial score (nSPS) is 11.8. The Bertz CT molecular complexity index is 881. The van der Waals surface area contributed by atoms with E-state index in [1.807, 2.05) is 43.3 Å². The van der Waals surface area contributed by atoms with Gasteiger partial charge in [-0.3, -0.25) is 20.1 Å². The van der Waals surface area contributed by atoms with Crippen LogP contribution < -0.4 is 10.6 Å². The van der Waals surface area contributed by atoms with Gasteiger partial charge in [-0.25, -0.2) is 0 Å². The van der Waals surface area contributed by atoms with Crippen LogP contribution in [0, 0.1) is 13.8 Å². The zero-order valence-corrected chi connectivity index (χ0v) is 15.6. The van der Waals surface area contributed by atoms with Gasteiger partial charge in [-0.1, -0.05) is 29.8 Å². The summed E-state index contributed by atoms with van der Waals surface area (Å²) in [6.45, 7) is 5.13. The number of aryl methyl sites for hydroxylation is 2. The largest absolute Gasteiger partial charge is 0.350 e. The second-order valence-corrected chi connectivity index (χ2v) is 6.61. The minimum absolute atomic E-state index is 0.0531. The molecule has 3 aromatic rings. The van der Waals surface area contributed by atoms with Crippen molar-refractivity contribution in [2.75, 3.05) is 0 Å². The molecule has 2 aromatic heterocycles. The van der Waals surface area contributed by atoms with E-state index >= 15 is 0 Å². The fourth-order valence-electron chi connectivity index (χ4n) is 3.01. The van der Waals surface area contributed by atoms with E-state index in [-0.39, 0.29) is 5.91 Å². The third-order valence-electron chi connectivity index (χ3n) is 4.45. The Morgan fingerprint density at radius 1 is 0.963 bits per heavy atom. The molecule has 0 bridgehead atoms. The van der Waals surface area contributed by atoms with Crippen LogP contribution in [0.25, 0.3) is 0 Å². The van der Waals surface area contributed by atoms with E-state index < -0.39 is 6.04 Å². The highest BCUT2D eigenvalue weighted by Gasteiger charge is 2.21. The molecular formula is C22H24N4O. The third-order valence-corrected chi connectivity index (χ3v) is 4.45. The second-order valence-electron chi connectivity index (χ2n) is 6.61. The number of carbonyl (C=O) groups excluding carboxylic acids is 1. The smallest absolute Gasteiger partial charge is 0.242 e. The predicted molar refractivity (Wildman–Crippen MR) is 106 cm³/mol. The van der Waals surface area contributed by atoms with Crippen LogP contribution in [-0.2, 0) is 17.9 Å². The van der Waals surface area contributed by atoms with Crippen molar-refractivity contribution in [2.24, 2.45) is 0 Å². The summed E-state index contributed by atoms with van der Waals surface area (Å²) in [5.74, 6) is -0.0531. The number of hydrogen-bond acceptors (Lipinski definition) is 4. The van der Waals surface area contributed by atoms with Gasteiger partial charge in [-0.2, -0.15) is 0 Å². The van der Waals surface area contributed by atoms with Crippen molar-refractivity contribution >= 4 is 5.91 Å². The van der Waals surface area contributed by atoms with Crippen molar-refractivity contribution in [1.29, 1.82) is 0 Å². The van der Waals surface area contributed by atoms with Crippen LogP contribution in [-0.4, -0.2) is 15.9 Å². The standard InChI is InChI=1S/C22H24N4O/c1-16-5-6-20(17(2)12-16)21(25-15-19-4-3-9-24-13-19)22(27)26-14-18-7-10-23-11-8-18/h3-13,21,25H,14-15H2,1-2H3,(H,26,27). The predicted octanol–water partition coefficient (Wildman–Crippen LogP) is 3.24. The first-order valence-corrected chi connectivity index (χ1v) is 8.99. The van der Waals surface area contributed by atoms with Gasteiger partial charge in [0.15, 0.2) is 0 Å². The Hall–Kier alpha value is -3.05. The Kier molecular flexibility index (Phi) is 6.28. The maximum atomic E-state index is 13.0. The van der Waals surface area contributed by atoms with Gasteiger partial charge < -0.3 is 5.32 Å². The van der Waals surface area contributed by atoms with Gasteiger partial charge >= 0.3 is 0 Å². The molecule has 5 nitrogen and oxygen atoms in total. The van der Waals surface area contributed by atoms with Crippen LogP contribution in [0.5, 0.6) is 0 Å². The SMILES string of the molecule is Cc1ccc(C(NCc2cccnc2)C(=O)NCc2ccncc2)c(C)c1. The molecule has 0 fully saturated rings. The fourth-order valence-corrected chi connectivity index (χ4v) is 3.01. The number of rotatable bonds is 7. The second kappa shape index (κ2) is 9.05. The van der Waals surface area contributed by atoms with Crippen LogP contribution >= 0.6 is 0 Å². The number of hydrogen-bond donors (Lipinski definition) is 2. The Balaban J connectivity index is 1.76. The summed E-state index contributed by atoms with van der Waals surface area (Å²) in [6, 6.07) is 13.4. The van der Waals surface area contributed by atoms with E-state index in [0.717, 1.165) is 22.3 Å². The van der Waals surface area contributed by atoms with Gasteiger partial charge in [0.1, 0.15) is 6.04 Å². The Labute approximate surface area is 159 Å². The quantitative estimate of drug-likeness (QED) is 0.679. The first-order valence-electron chi connectivity index (χ1n) is 8.99. The number of amides is 1. The molecule has 0 aliphatic carbocycles. The molecule has 27 heavy (non-hydrogen) atoms. The molecule has 0 spiro atoms. The van der Waals surface area contributed by atoms with Crippen molar-refractivity contribution < 1.29 is 4.79 Å². The first-order chi connectivity index (χ1) is 13.1. The lowest BCUT2D eigenvalue weighted by Gasteiger charge is -2.21. The zero-order chi connectivity index (χ0) is 19.1. The van der Waals surface area contributed by atoms with Crippen molar-refractivity contribution in [3.8, 4) is 0 Å². The highest BCUT2D eigenvalue weighted by atomic mass is 16.2. The summed E-state index contributed by atoms with van der Waals surface area (Å²) < 4.78 is 0. The van der Waals surface area contributed by atoms with Crippen LogP contribution in [0.1, 0.15) is 33.9 Å². The number of nitrogens with one attached hydrogen (secondary N) is 2. The number of carbonyl (C=O) groups is 1. The lowest BCUT2D eigenvalue weighted by Crippen LogP contribution is -2.37. The topological polar surface area (TPSA) is 66.9 Å². The molecule has 0 saturated heterocycles. The molecule has 2 N–H and O–H groups in total. The molecular weight excluding hydrogens is 336 g/mol. The summed E-state index contributed by atoms with van der Waals surface area (Å²) in [4.78, 5) is 21.1. The van der Waals surface area contributed by atoms with Crippen molar-refractivity contribution in [3.63, 3.8) is 0 Å². The lowest BCUT2D eigenvalue weighted by atomic mass is 9.98. The van der Waals surface area contributed by atoms with E-state index in [4.69, 9.17) is 0 Å². The number of aromatic nitrogens is 2. The van der Waals surface area contributed by atoms with Crippen molar-refractivity contribution in [1.82, 2.24) is 20.6 Å². The molecule has 1 unspecified atom stereocenters. The highest BCUT2D eigenvalue weighted by molar-refractivity contribution is 5.83. The summed E-state index contributed by atoms with van der Waals surface area (Å²) in [6.07, 6.45) is 7.00. The molecule has 1 aromatic carbocycles. The van der Waals surface area contributed by atoms with Gasteiger partial charge in [0, 0.05) is 37.9 Å². The average Bonchev–Trinajstić information content (AvgIpc) is 2.69. The van der Waals surface area contributed by atoms with Gasteiger partial charge in [-0.15, -0.1) is 0 Å². The highest BCUT2D eigenvalue weighted by Crippen LogP contribution is 2.20. The number of nitrogens with zero attached hydrogens (tertiary/aromatic N) is 2. The van der Waals surface area contributed by atoms with Crippen LogP contribution in [0.4, 0.5) is 0 Å². The molecule has 0 radical (unpaired) electrons. The van der Waals surface area contributed by atoms with E-state index in [9.17, 15) is 4.79 Å². The Morgan fingerprint density at radius 3 is 2.48 bits per heavy atom. The zero-order valence-electron chi connectivity index (χ0n) is 15.6. The summed E-state index contributed by atoms with van der Waals surface area (Å²) >= 11 is 0. The van der Waals surface area contributed by atoms with E-state index in [2.05, 4.69) is 33.6 Å². The van der Waals surface area contributed by atoms with E-state index in [1.54, 1.807) is 24.8 Å². The fraction of sp³-hybridized carbons (Fsp3) is 0.227. The van der Waals surface area contributed by atoms with Crippen LogP contribution in [0.2, 0.25) is 0 Å². The third kappa shape index (κ3) is 5.21. The molecule has 1 atom stereocenters. The van der Waals surface area contributed by atoms with E-state index in [1.165, 1.54) is 5.56 Å². The van der Waals surface area contributed by atoms with Crippen molar-refractivity contribution in [3.05, 3.63) is 95.1 Å². The van der Waals surface area contributed by atoms with Gasteiger partial charge in [0.05, 0.1) is 0 Å². The molecule has 2 heterocycles. The van der Waals surface area contributed by atoms with Gasteiger partial charge in [0.25, 0.3) is 0 Å². The van der Waals surface area contributed by atoms with Crippen molar-refractivity contribution in [2.45, 2.75) is 33.0 Å². The number of pyridine rings is 2. The molecule has 0 aliphatic heterocycles. The maximum absolute atomic E-state index is 13.0. The van der Waals surface area contributed by atoms with Crippen LogP contribution in [0.15, 0.2) is 67.3 Å². The Morgan fingerprint density at radius 2 is 1.78 bits per heavy atom. The molecule has 5 heteroatoms. The van der Waals surface area contributed by atoms with E-state index in [0.29, 0.717) is 13.1 Å². The molecule has 0 aliphatic rings. The minimum atomic E-state index is -0.437. The lowest BCUT2D eigenvalue weighted by molar-refractivity contribution is -0.123. The summed E-state index contributed by atoms with van der Waals surface area (Å²) in [5.41, 5.74) is 5.31. The molecule has 1 amide bonds. The average molecular weight is 360 g/mol. The monoisotopic (exact) mass is 360 g/mol. The summed E-state index contributed by atoms with van der Waals surface area (Å²) in [5, 5.41) is 6.42. The summed E-state index contributed by atoms with van der Waals surface area (Å²) in [7, 11) is 0. The molecule has 0 saturated carbocycles. The van der Waals surface area contributed by atoms with Gasteiger partial charge in [0.2, 0.25) is 5.91 Å². The minimum Gasteiger partial charge on any atom is -0.350 e. The van der Waals surface area contributed by atoms with Crippen LogP contribution in [0.3, 0.4) is 0 Å². The van der Waals surface area contributed by atoms with Gasteiger partial charge in [-0.05, 0) is 54.3 Å². The first kappa shape index (κ1) is 18.7. The number of benzene rings is 1. The maximum Gasteiger partial charge on any atom is 0.242 e.